The first-order valence-corrected chi connectivity index (χ1v) is 6.71. The lowest BCUT2D eigenvalue weighted by Crippen LogP contribution is -2.48. The fourth-order valence-electron chi connectivity index (χ4n) is 2.82. The highest BCUT2D eigenvalue weighted by molar-refractivity contribution is 5.21. The van der Waals surface area contributed by atoms with E-state index < -0.39 is 0 Å². The van der Waals surface area contributed by atoms with Gasteiger partial charge in [0, 0.05) is 37.9 Å². The number of nitrogens with zero attached hydrogens (tertiary/aromatic N) is 3. The molecule has 2 atom stereocenters. The number of nitrogens with two attached hydrogens (primary N) is 1. The van der Waals surface area contributed by atoms with Gasteiger partial charge in [-0.1, -0.05) is 6.92 Å². The summed E-state index contributed by atoms with van der Waals surface area (Å²) in [7, 11) is 1.96. The molecule has 2 heterocycles. The van der Waals surface area contributed by atoms with Crippen molar-refractivity contribution in [1.29, 1.82) is 0 Å². The minimum Gasteiger partial charge on any atom is -0.378 e. The Labute approximate surface area is 109 Å². The SMILES string of the molecule is CCC1COCCN1C(CN)c1cn(C)nc1C. The maximum atomic E-state index is 6.01. The van der Waals surface area contributed by atoms with Crippen molar-refractivity contribution in [3.63, 3.8) is 0 Å². The number of rotatable bonds is 4. The second kappa shape index (κ2) is 5.82. The van der Waals surface area contributed by atoms with Gasteiger partial charge >= 0.3 is 0 Å². The largest absolute Gasteiger partial charge is 0.378 e. The van der Waals surface area contributed by atoms with E-state index in [0.717, 1.165) is 31.9 Å². The second-order valence-electron chi connectivity index (χ2n) is 4.97. The molecule has 0 aromatic carbocycles. The highest BCUT2D eigenvalue weighted by Crippen LogP contribution is 2.26. The van der Waals surface area contributed by atoms with Crippen molar-refractivity contribution < 1.29 is 4.74 Å². The molecule has 0 amide bonds. The van der Waals surface area contributed by atoms with E-state index in [-0.39, 0.29) is 6.04 Å². The van der Waals surface area contributed by atoms with Gasteiger partial charge in [0.25, 0.3) is 0 Å². The van der Waals surface area contributed by atoms with Gasteiger partial charge in [0.15, 0.2) is 0 Å². The molecule has 0 radical (unpaired) electrons. The molecule has 1 aromatic heterocycles. The zero-order chi connectivity index (χ0) is 13.1. The lowest BCUT2D eigenvalue weighted by Gasteiger charge is -2.40. The second-order valence-corrected chi connectivity index (χ2v) is 4.97. The Bertz CT molecular complexity index is 390. The first kappa shape index (κ1) is 13.5. The fourth-order valence-corrected chi connectivity index (χ4v) is 2.82. The van der Waals surface area contributed by atoms with Gasteiger partial charge in [0.05, 0.1) is 24.9 Å². The summed E-state index contributed by atoms with van der Waals surface area (Å²) in [5.41, 5.74) is 8.34. The zero-order valence-electron chi connectivity index (χ0n) is 11.6. The van der Waals surface area contributed by atoms with Crippen LogP contribution in [0, 0.1) is 6.92 Å². The number of aryl methyl sites for hydroxylation is 2. The van der Waals surface area contributed by atoms with Crippen LogP contribution in [0.2, 0.25) is 0 Å². The molecule has 2 rings (SSSR count). The van der Waals surface area contributed by atoms with E-state index in [0.29, 0.717) is 12.6 Å². The van der Waals surface area contributed by atoms with Crippen LogP contribution < -0.4 is 5.73 Å². The summed E-state index contributed by atoms with van der Waals surface area (Å²) in [5, 5.41) is 4.43. The molecule has 102 valence electrons. The molecule has 18 heavy (non-hydrogen) atoms. The summed E-state index contributed by atoms with van der Waals surface area (Å²) < 4.78 is 7.44. The van der Waals surface area contributed by atoms with Crippen LogP contribution >= 0.6 is 0 Å². The molecule has 5 heteroatoms. The molecule has 2 unspecified atom stereocenters. The van der Waals surface area contributed by atoms with E-state index in [4.69, 9.17) is 10.5 Å². The summed E-state index contributed by atoms with van der Waals surface area (Å²) in [6.45, 7) is 7.45. The standard InChI is InChI=1S/C13H24N4O/c1-4-11-9-18-6-5-17(11)13(7-14)12-8-16(3)15-10(12)2/h8,11,13H,4-7,9,14H2,1-3H3. The summed E-state index contributed by atoms with van der Waals surface area (Å²) >= 11 is 0. The maximum Gasteiger partial charge on any atom is 0.0641 e. The zero-order valence-corrected chi connectivity index (χ0v) is 11.6. The van der Waals surface area contributed by atoms with E-state index in [1.807, 2.05) is 11.7 Å². The van der Waals surface area contributed by atoms with E-state index in [2.05, 4.69) is 30.0 Å². The summed E-state index contributed by atoms with van der Waals surface area (Å²) in [6.07, 6.45) is 3.19. The van der Waals surface area contributed by atoms with Gasteiger partial charge in [0.2, 0.25) is 0 Å². The first-order valence-electron chi connectivity index (χ1n) is 6.71. The van der Waals surface area contributed by atoms with Crippen molar-refractivity contribution >= 4 is 0 Å². The fraction of sp³-hybridized carbons (Fsp3) is 0.769. The van der Waals surface area contributed by atoms with Crippen LogP contribution in [0.15, 0.2) is 6.20 Å². The maximum absolute atomic E-state index is 6.01. The Morgan fingerprint density at radius 3 is 2.94 bits per heavy atom. The molecule has 1 fully saturated rings. The molecule has 1 aliphatic rings. The smallest absolute Gasteiger partial charge is 0.0641 e. The molecule has 0 spiro atoms. The van der Waals surface area contributed by atoms with Gasteiger partial charge in [-0.15, -0.1) is 0 Å². The molecule has 1 aliphatic heterocycles. The average molecular weight is 252 g/mol. The molecule has 5 nitrogen and oxygen atoms in total. The van der Waals surface area contributed by atoms with Gasteiger partial charge in [-0.3, -0.25) is 9.58 Å². The normalized spacial score (nSPS) is 23.2. The van der Waals surface area contributed by atoms with Gasteiger partial charge < -0.3 is 10.5 Å². The highest BCUT2D eigenvalue weighted by Gasteiger charge is 2.30. The third-order valence-electron chi connectivity index (χ3n) is 3.78. The number of morpholine rings is 1. The van der Waals surface area contributed by atoms with Crippen molar-refractivity contribution in [2.24, 2.45) is 12.8 Å². The Kier molecular flexibility index (Phi) is 4.37. The number of ether oxygens (including phenoxy) is 1. The molecular weight excluding hydrogens is 228 g/mol. The number of hydrogen-bond donors (Lipinski definition) is 1. The molecule has 1 saturated heterocycles. The Morgan fingerprint density at radius 2 is 2.39 bits per heavy atom. The van der Waals surface area contributed by atoms with E-state index in [1.165, 1.54) is 5.56 Å². The van der Waals surface area contributed by atoms with Crippen molar-refractivity contribution in [2.45, 2.75) is 32.4 Å². The van der Waals surface area contributed by atoms with E-state index in [1.54, 1.807) is 0 Å². The molecule has 0 saturated carbocycles. The summed E-state index contributed by atoms with van der Waals surface area (Å²) in [6, 6.07) is 0.722. The lowest BCUT2D eigenvalue weighted by molar-refractivity contribution is -0.0292. The van der Waals surface area contributed by atoms with E-state index >= 15 is 0 Å². The Balaban J connectivity index is 2.24. The van der Waals surface area contributed by atoms with Crippen molar-refractivity contribution in [2.75, 3.05) is 26.3 Å². The molecule has 0 bridgehead atoms. The van der Waals surface area contributed by atoms with Crippen LogP contribution in [0.4, 0.5) is 0 Å². The topological polar surface area (TPSA) is 56.3 Å². The first-order chi connectivity index (χ1) is 8.67. The van der Waals surface area contributed by atoms with Crippen LogP contribution in [-0.4, -0.2) is 47.0 Å². The van der Waals surface area contributed by atoms with Gasteiger partial charge in [-0.2, -0.15) is 5.10 Å². The predicted octanol–water partition coefficient (Wildman–Crippen LogP) is 0.839. The predicted molar refractivity (Wildman–Crippen MR) is 71.3 cm³/mol. The summed E-state index contributed by atoms with van der Waals surface area (Å²) in [4.78, 5) is 2.48. The van der Waals surface area contributed by atoms with Crippen LogP contribution in [-0.2, 0) is 11.8 Å². The molecule has 1 aromatic rings. The van der Waals surface area contributed by atoms with Crippen molar-refractivity contribution in [1.82, 2.24) is 14.7 Å². The average Bonchev–Trinajstić information content (AvgIpc) is 2.70. The number of aromatic nitrogens is 2. The lowest BCUT2D eigenvalue weighted by atomic mass is 10.0. The van der Waals surface area contributed by atoms with Crippen LogP contribution in [0.3, 0.4) is 0 Å². The molecular formula is C13H24N4O. The Hall–Kier alpha value is -0.910. The Morgan fingerprint density at radius 1 is 1.61 bits per heavy atom. The summed E-state index contributed by atoms with van der Waals surface area (Å²) in [5.74, 6) is 0. The minimum absolute atomic E-state index is 0.257. The van der Waals surface area contributed by atoms with Crippen molar-refractivity contribution in [3.05, 3.63) is 17.5 Å². The number of hydrogen-bond acceptors (Lipinski definition) is 4. The molecule has 0 aliphatic carbocycles. The van der Waals surface area contributed by atoms with Crippen LogP contribution in [0.5, 0.6) is 0 Å². The third kappa shape index (κ3) is 2.58. The van der Waals surface area contributed by atoms with Crippen LogP contribution in [0.1, 0.15) is 30.6 Å². The quantitative estimate of drug-likeness (QED) is 0.862. The highest BCUT2D eigenvalue weighted by atomic mass is 16.5. The molecule has 2 N–H and O–H groups in total. The minimum atomic E-state index is 0.257. The van der Waals surface area contributed by atoms with Crippen LogP contribution in [0.25, 0.3) is 0 Å². The third-order valence-corrected chi connectivity index (χ3v) is 3.78. The van der Waals surface area contributed by atoms with E-state index in [9.17, 15) is 0 Å². The van der Waals surface area contributed by atoms with Gasteiger partial charge in [0.1, 0.15) is 0 Å². The van der Waals surface area contributed by atoms with Gasteiger partial charge in [-0.25, -0.2) is 0 Å². The van der Waals surface area contributed by atoms with Crippen molar-refractivity contribution in [3.8, 4) is 0 Å². The monoisotopic (exact) mass is 252 g/mol. The van der Waals surface area contributed by atoms with Gasteiger partial charge in [-0.05, 0) is 13.3 Å².